The SMILES string of the molecule is COc1cccc(NC(=O)c2cccc(NC(=O)Cc3c(C)noc3C)c2)c1. The highest BCUT2D eigenvalue weighted by atomic mass is 16.5. The van der Waals surface area contributed by atoms with Crippen LogP contribution in [-0.2, 0) is 11.2 Å². The minimum absolute atomic E-state index is 0.154. The maximum absolute atomic E-state index is 12.5. The molecular formula is C21H21N3O4. The van der Waals surface area contributed by atoms with E-state index in [1.165, 1.54) is 0 Å². The minimum Gasteiger partial charge on any atom is -0.497 e. The maximum Gasteiger partial charge on any atom is 0.255 e. The molecule has 0 atom stereocenters. The summed E-state index contributed by atoms with van der Waals surface area (Å²) in [5.74, 6) is 0.784. The number of benzene rings is 2. The first kappa shape index (κ1) is 19.2. The van der Waals surface area contributed by atoms with Gasteiger partial charge in [0.05, 0.1) is 19.2 Å². The summed E-state index contributed by atoms with van der Waals surface area (Å²) in [5.41, 5.74) is 3.05. The predicted molar refractivity (Wildman–Crippen MR) is 106 cm³/mol. The normalized spacial score (nSPS) is 10.4. The highest BCUT2D eigenvalue weighted by Gasteiger charge is 2.14. The van der Waals surface area contributed by atoms with Crippen LogP contribution >= 0.6 is 0 Å². The third-order valence-electron chi connectivity index (χ3n) is 4.25. The first-order valence-corrected chi connectivity index (χ1v) is 8.73. The van der Waals surface area contributed by atoms with Crippen molar-refractivity contribution in [3.63, 3.8) is 0 Å². The van der Waals surface area contributed by atoms with Crippen LogP contribution in [0.3, 0.4) is 0 Å². The molecule has 0 saturated carbocycles. The molecule has 0 spiro atoms. The molecule has 2 amide bonds. The van der Waals surface area contributed by atoms with E-state index >= 15 is 0 Å². The Balaban J connectivity index is 1.67. The van der Waals surface area contributed by atoms with Crippen LogP contribution in [0.25, 0.3) is 0 Å². The molecule has 0 aliphatic rings. The highest BCUT2D eigenvalue weighted by molar-refractivity contribution is 6.05. The second-order valence-corrected chi connectivity index (χ2v) is 6.29. The molecule has 28 heavy (non-hydrogen) atoms. The zero-order valence-electron chi connectivity index (χ0n) is 15.9. The van der Waals surface area contributed by atoms with E-state index in [-0.39, 0.29) is 18.2 Å². The lowest BCUT2D eigenvalue weighted by Gasteiger charge is -2.09. The van der Waals surface area contributed by atoms with Crippen LogP contribution in [0.2, 0.25) is 0 Å². The van der Waals surface area contributed by atoms with E-state index in [0.29, 0.717) is 34.1 Å². The molecule has 144 valence electrons. The summed E-state index contributed by atoms with van der Waals surface area (Å²) in [5, 5.41) is 9.47. The highest BCUT2D eigenvalue weighted by Crippen LogP contribution is 2.19. The van der Waals surface area contributed by atoms with Crippen molar-refractivity contribution in [3.8, 4) is 5.75 Å². The molecule has 0 saturated heterocycles. The third kappa shape index (κ3) is 4.56. The van der Waals surface area contributed by atoms with E-state index in [2.05, 4.69) is 15.8 Å². The van der Waals surface area contributed by atoms with Crippen LogP contribution < -0.4 is 15.4 Å². The molecule has 7 heteroatoms. The quantitative estimate of drug-likeness (QED) is 0.681. The first-order valence-electron chi connectivity index (χ1n) is 8.73. The lowest BCUT2D eigenvalue weighted by Crippen LogP contribution is -2.16. The standard InChI is InChI=1S/C21H21N3O4/c1-13-19(14(2)28-24-13)12-20(25)22-16-7-4-6-15(10-16)21(26)23-17-8-5-9-18(11-17)27-3/h4-11H,12H2,1-3H3,(H,22,25)(H,23,26). The van der Waals surface area contributed by atoms with Crippen LogP contribution in [0.4, 0.5) is 11.4 Å². The second-order valence-electron chi connectivity index (χ2n) is 6.29. The summed E-state index contributed by atoms with van der Waals surface area (Å²) < 4.78 is 10.2. The van der Waals surface area contributed by atoms with Crippen LogP contribution in [-0.4, -0.2) is 24.1 Å². The molecule has 3 aromatic rings. The van der Waals surface area contributed by atoms with E-state index in [9.17, 15) is 9.59 Å². The van der Waals surface area contributed by atoms with Gasteiger partial charge in [-0.05, 0) is 44.2 Å². The number of aryl methyl sites for hydroxylation is 2. The van der Waals surface area contributed by atoms with Gasteiger partial charge in [0.1, 0.15) is 11.5 Å². The van der Waals surface area contributed by atoms with Gasteiger partial charge in [-0.1, -0.05) is 17.3 Å². The van der Waals surface area contributed by atoms with E-state index < -0.39 is 0 Å². The molecule has 3 rings (SSSR count). The third-order valence-corrected chi connectivity index (χ3v) is 4.25. The maximum atomic E-state index is 12.5. The molecule has 7 nitrogen and oxygen atoms in total. The van der Waals surface area contributed by atoms with Gasteiger partial charge in [-0.15, -0.1) is 0 Å². The lowest BCUT2D eigenvalue weighted by atomic mass is 10.1. The second kappa shape index (κ2) is 8.39. The summed E-state index contributed by atoms with van der Waals surface area (Å²) in [4.78, 5) is 24.8. The van der Waals surface area contributed by atoms with Crippen LogP contribution in [0.1, 0.15) is 27.4 Å². The Bertz CT molecular complexity index is 991. The molecule has 2 N–H and O–H groups in total. The number of carbonyl (C=O) groups excluding carboxylic acids is 2. The number of anilines is 2. The average Bonchev–Trinajstić information content (AvgIpc) is 3.00. The van der Waals surface area contributed by atoms with E-state index in [0.717, 1.165) is 5.56 Å². The summed E-state index contributed by atoms with van der Waals surface area (Å²) in [7, 11) is 1.57. The summed E-state index contributed by atoms with van der Waals surface area (Å²) in [6.07, 6.45) is 0.154. The Hall–Kier alpha value is -3.61. The minimum atomic E-state index is -0.282. The largest absolute Gasteiger partial charge is 0.497 e. The van der Waals surface area contributed by atoms with Crippen molar-refractivity contribution in [2.75, 3.05) is 17.7 Å². The van der Waals surface area contributed by atoms with Gasteiger partial charge in [0, 0.05) is 28.6 Å². The van der Waals surface area contributed by atoms with E-state index in [4.69, 9.17) is 9.26 Å². The van der Waals surface area contributed by atoms with Crippen molar-refractivity contribution in [2.45, 2.75) is 20.3 Å². The van der Waals surface area contributed by atoms with Crippen molar-refractivity contribution in [2.24, 2.45) is 0 Å². The molecule has 1 aromatic heterocycles. The monoisotopic (exact) mass is 379 g/mol. The molecule has 0 aliphatic heterocycles. The average molecular weight is 379 g/mol. The molecule has 0 unspecified atom stereocenters. The van der Waals surface area contributed by atoms with Gasteiger partial charge in [-0.3, -0.25) is 9.59 Å². The molecule has 2 aromatic carbocycles. The number of hydrogen-bond acceptors (Lipinski definition) is 5. The van der Waals surface area contributed by atoms with Gasteiger partial charge in [0.2, 0.25) is 5.91 Å². The lowest BCUT2D eigenvalue weighted by molar-refractivity contribution is -0.115. The Morgan fingerprint density at radius 3 is 2.43 bits per heavy atom. The molecule has 0 fully saturated rings. The van der Waals surface area contributed by atoms with Crippen LogP contribution in [0.15, 0.2) is 53.1 Å². The number of carbonyl (C=O) groups is 2. The van der Waals surface area contributed by atoms with Crippen molar-refractivity contribution in [3.05, 3.63) is 71.1 Å². The van der Waals surface area contributed by atoms with Gasteiger partial charge in [0.15, 0.2) is 0 Å². The Morgan fingerprint density at radius 1 is 1.04 bits per heavy atom. The zero-order chi connectivity index (χ0) is 20.1. The fourth-order valence-corrected chi connectivity index (χ4v) is 2.76. The Labute approximate surface area is 162 Å². The number of methoxy groups -OCH3 is 1. The van der Waals surface area contributed by atoms with Gasteiger partial charge in [-0.2, -0.15) is 0 Å². The number of nitrogens with one attached hydrogen (secondary N) is 2. The van der Waals surface area contributed by atoms with Gasteiger partial charge < -0.3 is 19.9 Å². The molecular weight excluding hydrogens is 358 g/mol. The predicted octanol–water partition coefficient (Wildman–Crippen LogP) is 3.73. The number of hydrogen-bond donors (Lipinski definition) is 2. The summed E-state index contributed by atoms with van der Waals surface area (Å²) in [6.45, 7) is 3.56. The van der Waals surface area contributed by atoms with Gasteiger partial charge in [0.25, 0.3) is 5.91 Å². The Morgan fingerprint density at radius 2 is 1.75 bits per heavy atom. The first-order chi connectivity index (χ1) is 13.5. The number of aromatic nitrogens is 1. The summed E-state index contributed by atoms with van der Waals surface area (Å²) >= 11 is 0. The Kier molecular flexibility index (Phi) is 5.74. The smallest absolute Gasteiger partial charge is 0.255 e. The van der Waals surface area contributed by atoms with E-state index in [1.807, 2.05) is 0 Å². The number of ether oxygens (including phenoxy) is 1. The van der Waals surface area contributed by atoms with E-state index in [1.54, 1.807) is 69.5 Å². The van der Waals surface area contributed by atoms with Gasteiger partial charge >= 0.3 is 0 Å². The van der Waals surface area contributed by atoms with Crippen LogP contribution in [0.5, 0.6) is 5.75 Å². The van der Waals surface area contributed by atoms with Crippen molar-refractivity contribution in [1.82, 2.24) is 5.16 Å². The van der Waals surface area contributed by atoms with Crippen molar-refractivity contribution in [1.29, 1.82) is 0 Å². The number of nitrogens with zero attached hydrogens (tertiary/aromatic N) is 1. The van der Waals surface area contributed by atoms with Crippen molar-refractivity contribution < 1.29 is 18.8 Å². The molecule has 0 radical (unpaired) electrons. The topological polar surface area (TPSA) is 93.5 Å². The summed E-state index contributed by atoms with van der Waals surface area (Å²) in [6, 6.07) is 13.8. The van der Waals surface area contributed by atoms with Crippen LogP contribution in [0, 0.1) is 13.8 Å². The fourth-order valence-electron chi connectivity index (χ4n) is 2.76. The van der Waals surface area contributed by atoms with Crippen molar-refractivity contribution >= 4 is 23.2 Å². The van der Waals surface area contributed by atoms with Gasteiger partial charge in [-0.25, -0.2) is 0 Å². The molecule has 0 bridgehead atoms. The zero-order valence-corrected chi connectivity index (χ0v) is 15.9. The molecule has 1 heterocycles. The number of amides is 2. The number of rotatable bonds is 6. The molecule has 0 aliphatic carbocycles. The fraction of sp³-hybridized carbons (Fsp3) is 0.190.